The second kappa shape index (κ2) is 8.84. The second-order valence-electron chi connectivity index (χ2n) is 4.62. The zero-order valence-electron chi connectivity index (χ0n) is 12.1. The Morgan fingerprint density at radius 2 is 1.44 bits per heavy atom. The van der Waals surface area contributed by atoms with Crippen LogP contribution in [0.5, 0.6) is 5.75 Å². The quantitative estimate of drug-likeness (QED) is 0.639. The number of hydrogen-bond acceptors (Lipinski definition) is 2. The fourth-order valence-corrected chi connectivity index (χ4v) is 1.99. The fraction of sp³-hybridized carbons (Fsp3) is 0.625. The van der Waals surface area contributed by atoms with Crippen LogP contribution in [0.15, 0.2) is 24.3 Å². The maximum absolute atomic E-state index is 5.48. The minimum absolute atomic E-state index is 0.731. The summed E-state index contributed by atoms with van der Waals surface area (Å²) >= 11 is 0. The molecule has 2 heteroatoms. The van der Waals surface area contributed by atoms with Gasteiger partial charge in [0.15, 0.2) is 0 Å². The Labute approximate surface area is 112 Å². The predicted octanol–water partition coefficient (Wildman–Crippen LogP) is 4.49. The lowest BCUT2D eigenvalue weighted by atomic mass is 10.2. The van der Waals surface area contributed by atoms with Gasteiger partial charge in [-0.15, -0.1) is 0 Å². The maximum Gasteiger partial charge on any atom is 0.119 e. The van der Waals surface area contributed by atoms with Crippen LogP contribution in [0, 0.1) is 0 Å². The van der Waals surface area contributed by atoms with Crippen LogP contribution in [-0.4, -0.2) is 19.7 Å². The molecule has 18 heavy (non-hydrogen) atoms. The number of nitrogens with zero attached hydrogens (tertiary/aromatic N) is 1. The van der Waals surface area contributed by atoms with Crippen LogP contribution in [0.1, 0.15) is 46.5 Å². The van der Waals surface area contributed by atoms with Crippen LogP contribution in [0.3, 0.4) is 0 Å². The Bertz CT molecular complexity index is 299. The summed E-state index contributed by atoms with van der Waals surface area (Å²) in [6.45, 7) is 9.55. The number of benzene rings is 1. The number of hydrogen-bond donors (Lipinski definition) is 0. The average Bonchev–Trinajstić information content (AvgIpc) is 2.41. The molecule has 0 radical (unpaired) electrons. The Balaban J connectivity index is 2.64. The molecule has 0 spiro atoms. The van der Waals surface area contributed by atoms with Crippen molar-refractivity contribution in [1.82, 2.24) is 0 Å². The number of unbranched alkanes of at least 4 members (excludes halogenated alkanes) is 2. The van der Waals surface area contributed by atoms with E-state index in [4.69, 9.17) is 4.74 Å². The first-order chi connectivity index (χ1) is 8.81. The highest BCUT2D eigenvalue weighted by atomic mass is 16.5. The van der Waals surface area contributed by atoms with E-state index in [1.165, 1.54) is 31.4 Å². The second-order valence-corrected chi connectivity index (χ2v) is 4.62. The Kier molecular flexibility index (Phi) is 7.31. The lowest BCUT2D eigenvalue weighted by Gasteiger charge is -2.24. The maximum atomic E-state index is 5.48. The molecule has 0 aromatic heterocycles. The number of rotatable bonds is 9. The largest absolute Gasteiger partial charge is 0.494 e. The van der Waals surface area contributed by atoms with E-state index in [0.717, 1.165) is 25.4 Å². The van der Waals surface area contributed by atoms with E-state index in [0.29, 0.717) is 0 Å². The molecule has 1 aromatic carbocycles. The summed E-state index contributed by atoms with van der Waals surface area (Å²) in [5.41, 5.74) is 1.32. The highest BCUT2D eigenvalue weighted by molar-refractivity contribution is 5.49. The predicted molar refractivity (Wildman–Crippen MR) is 79.6 cm³/mol. The fourth-order valence-electron chi connectivity index (χ4n) is 1.99. The van der Waals surface area contributed by atoms with Crippen LogP contribution in [0.4, 0.5) is 5.69 Å². The summed E-state index contributed by atoms with van der Waals surface area (Å²) in [4.78, 5) is 2.49. The van der Waals surface area contributed by atoms with E-state index in [-0.39, 0.29) is 0 Å². The lowest BCUT2D eigenvalue weighted by Crippen LogP contribution is -2.25. The van der Waals surface area contributed by atoms with Gasteiger partial charge < -0.3 is 9.64 Å². The number of anilines is 1. The van der Waals surface area contributed by atoms with Crippen molar-refractivity contribution in [2.24, 2.45) is 0 Å². The smallest absolute Gasteiger partial charge is 0.119 e. The van der Waals surface area contributed by atoms with Gasteiger partial charge in [-0.1, -0.05) is 26.7 Å². The molecule has 102 valence electrons. The van der Waals surface area contributed by atoms with Crippen LogP contribution < -0.4 is 9.64 Å². The van der Waals surface area contributed by atoms with Gasteiger partial charge in [-0.05, 0) is 44.0 Å². The van der Waals surface area contributed by atoms with Gasteiger partial charge in [0.1, 0.15) is 5.75 Å². The molecule has 0 unspecified atom stereocenters. The summed E-state index contributed by atoms with van der Waals surface area (Å²) in [6, 6.07) is 8.50. The van der Waals surface area contributed by atoms with Crippen LogP contribution >= 0.6 is 0 Å². The van der Waals surface area contributed by atoms with Gasteiger partial charge in [-0.25, -0.2) is 0 Å². The topological polar surface area (TPSA) is 12.5 Å². The summed E-state index contributed by atoms with van der Waals surface area (Å²) in [5.74, 6) is 0.965. The van der Waals surface area contributed by atoms with Gasteiger partial charge in [0.25, 0.3) is 0 Å². The molecular formula is C16H27NO. The molecule has 1 rings (SSSR count). The molecule has 0 aliphatic carbocycles. The molecule has 0 atom stereocenters. The van der Waals surface area contributed by atoms with E-state index < -0.39 is 0 Å². The first kappa shape index (κ1) is 14.9. The zero-order valence-corrected chi connectivity index (χ0v) is 12.1. The molecule has 2 nitrogen and oxygen atoms in total. The minimum atomic E-state index is 0.731. The Morgan fingerprint density at radius 3 is 1.89 bits per heavy atom. The van der Waals surface area contributed by atoms with Gasteiger partial charge in [0.05, 0.1) is 6.61 Å². The molecule has 0 bridgehead atoms. The summed E-state index contributed by atoms with van der Waals surface area (Å²) in [5, 5.41) is 0. The molecule has 0 saturated carbocycles. The molecular weight excluding hydrogens is 222 g/mol. The first-order valence-corrected chi connectivity index (χ1v) is 7.29. The van der Waals surface area contributed by atoms with Crippen molar-refractivity contribution in [2.75, 3.05) is 24.6 Å². The lowest BCUT2D eigenvalue weighted by molar-refractivity contribution is 0.340. The molecule has 0 amide bonds. The standard InChI is InChI=1S/C16H27NO/c1-4-7-13-17(14-8-5-2)15-9-11-16(12-10-15)18-6-3/h9-12H,4-8,13-14H2,1-3H3. The molecule has 0 saturated heterocycles. The van der Waals surface area contributed by atoms with Gasteiger partial charge in [0, 0.05) is 18.8 Å². The van der Waals surface area contributed by atoms with Gasteiger partial charge in [-0.2, -0.15) is 0 Å². The first-order valence-electron chi connectivity index (χ1n) is 7.29. The molecule has 1 aromatic rings. The van der Waals surface area contributed by atoms with E-state index in [9.17, 15) is 0 Å². The van der Waals surface area contributed by atoms with Crippen LogP contribution in [-0.2, 0) is 0 Å². The van der Waals surface area contributed by atoms with Crippen molar-refractivity contribution in [1.29, 1.82) is 0 Å². The third-order valence-electron chi connectivity index (χ3n) is 3.08. The SMILES string of the molecule is CCCCN(CCCC)c1ccc(OCC)cc1. The van der Waals surface area contributed by atoms with Gasteiger partial charge in [0.2, 0.25) is 0 Å². The van der Waals surface area contributed by atoms with E-state index >= 15 is 0 Å². The highest BCUT2D eigenvalue weighted by Gasteiger charge is 2.05. The Hall–Kier alpha value is -1.18. The van der Waals surface area contributed by atoms with E-state index in [2.05, 4.69) is 43.0 Å². The Morgan fingerprint density at radius 1 is 0.889 bits per heavy atom. The summed E-state index contributed by atoms with van der Waals surface area (Å²) < 4.78 is 5.48. The molecule has 0 aliphatic heterocycles. The van der Waals surface area contributed by atoms with E-state index in [1.54, 1.807) is 0 Å². The van der Waals surface area contributed by atoms with Crippen molar-refractivity contribution in [3.63, 3.8) is 0 Å². The summed E-state index contributed by atoms with van der Waals surface area (Å²) in [6.07, 6.45) is 5.02. The average molecular weight is 249 g/mol. The third-order valence-corrected chi connectivity index (χ3v) is 3.08. The van der Waals surface area contributed by atoms with Crippen molar-refractivity contribution < 1.29 is 4.74 Å². The van der Waals surface area contributed by atoms with Gasteiger partial charge in [-0.3, -0.25) is 0 Å². The number of ether oxygens (including phenoxy) is 1. The van der Waals surface area contributed by atoms with E-state index in [1.807, 2.05) is 6.92 Å². The van der Waals surface area contributed by atoms with Gasteiger partial charge >= 0.3 is 0 Å². The molecule has 0 N–H and O–H groups in total. The van der Waals surface area contributed by atoms with Crippen molar-refractivity contribution >= 4 is 5.69 Å². The highest BCUT2D eigenvalue weighted by Crippen LogP contribution is 2.20. The van der Waals surface area contributed by atoms with Crippen molar-refractivity contribution in [2.45, 2.75) is 46.5 Å². The van der Waals surface area contributed by atoms with Crippen molar-refractivity contribution in [3.8, 4) is 5.75 Å². The molecule has 0 fully saturated rings. The molecule has 0 heterocycles. The van der Waals surface area contributed by atoms with Crippen LogP contribution in [0.2, 0.25) is 0 Å². The minimum Gasteiger partial charge on any atom is -0.494 e. The van der Waals surface area contributed by atoms with Crippen molar-refractivity contribution in [3.05, 3.63) is 24.3 Å². The molecule has 0 aliphatic rings. The zero-order chi connectivity index (χ0) is 13.2. The van der Waals surface area contributed by atoms with Crippen LogP contribution in [0.25, 0.3) is 0 Å². The third kappa shape index (κ3) is 4.99. The monoisotopic (exact) mass is 249 g/mol. The summed E-state index contributed by atoms with van der Waals surface area (Å²) in [7, 11) is 0. The normalized spacial score (nSPS) is 10.4.